The van der Waals surface area contributed by atoms with E-state index in [1.807, 2.05) is 61.5 Å². The van der Waals surface area contributed by atoms with Gasteiger partial charge in [-0.1, -0.05) is 54.1 Å². The summed E-state index contributed by atoms with van der Waals surface area (Å²) in [5.41, 5.74) is 4.40. The lowest BCUT2D eigenvalue weighted by Gasteiger charge is -2.13. The average Bonchev–Trinajstić information content (AvgIpc) is 2.63. The van der Waals surface area contributed by atoms with Crippen molar-refractivity contribution < 1.29 is 14.7 Å². The zero-order valence-corrected chi connectivity index (χ0v) is 13.7. The first-order valence-electron chi connectivity index (χ1n) is 7.85. The molecule has 0 saturated heterocycles. The highest BCUT2D eigenvalue weighted by molar-refractivity contribution is 6.41. The molecule has 0 bridgehead atoms. The molecular formula is C21H17NO3. The number of aryl methyl sites for hydroxylation is 1. The van der Waals surface area contributed by atoms with Crippen LogP contribution in [0.2, 0.25) is 0 Å². The van der Waals surface area contributed by atoms with Crippen molar-refractivity contribution in [1.82, 2.24) is 0 Å². The normalized spacial score (nSPS) is 10.3. The van der Waals surface area contributed by atoms with Crippen molar-refractivity contribution in [3.63, 3.8) is 0 Å². The van der Waals surface area contributed by atoms with Crippen LogP contribution < -0.4 is 5.32 Å². The Morgan fingerprint density at radius 1 is 0.840 bits per heavy atom. The number of carboxylic acid groups (broad SMARTS) is 1. The first-order chi connectivity index (χ1) is 12.0. The van der Waals surface area contributed by atoms with Crippen LogP contribution in [0.15, 0.2) is 72.8 Å². The molecule has 3 aromatic carbocycles. The molecule has 3 rings (SSSR count). The minimum Gasteiger partial charge on any atom is -0.475 e. The van der Waals surface area contributed by atoms with Gasteiger partial charge in [-0.05, 0) is 42.3 Å². The van der Waals surface area contributed by atoms with Gasteiger partial charge in [0.15, 0.2) is 0 Å². The van der Waals surface area contributed by atoms with Crippen molar-refractivity contribution in [3.8, 4) is 11.1 Å². The maximum atomic E-state index is 12.0. The van der Waals surface area contributed by atoms with E-state index in [4.69, 9.17) is 5.11 Å². The summed E-state index contributed by atoms with van der Waals surface area (Å²) in [5.74, 6) is -2.41. The van der Waals surface area contributed by atoms with Gasteiger partial charge >= 0.3 is 5.97 Å². The van der Waals surface area contributed by atoms with Crippen LogP contribution in [-0.2, 0) is 4.79 Å². The van der Waals surface area contributed by atoms with Gasteiger partial charge in [-0.3, -0.25) is 4.79 Å². The topological polar surface area (TPSA) is 66.4 Å². The monoisotopic (exact) mass is 331 g/mol. The zero-order chi connectivity index (χ0) is 17.8. The Balaban J connectivity index is 2.05. The lowest BCUT2D eigenvalue weighted by molar-refractivity contribution is -0.131. The van der Waals surface area contributed by atoms with Gasteiger partial charge < -0.3 is 10.4 Å². The van der Waals surface area contributed by atoms with Gasteiger partial charge in [-0.2, -0.15) is 0 Å². The molecule has 0 radical (unpaired) electrons. The second-order valence-corrected chi connectivity index (χ2v) is 5.75. The van der Waals surface area contributed by atoms with E-state index in [0.29, 0.717) is 5.69 Å². The Morgan fingerprint density at radius 3 is 2.16 bits per heavy atom. The number of Topliss-reactive ketones (excluding diaryl/α,β-unsaturated/α-hetero) is 1. The number of benzene rings is 3. The molecule has 0 unspecified atom stereocenters. The van der Waals surface area contributed by atoms with Gasteiger partial charge in [0.1, 0.15) is 0 Å². The number of carbonyl (C=O) groups excluding carboxylic acids is 1. The molecule has 0 amide bonds. The van der Waals surface area contributed by atoms with Gasteiger partial charge in [0, 0.05) is 5.69 Å². The lowest BCUT2D eigenvalue weighted by Crippen LogP contribution is -2.14. The molecule has 0 aliphatic carbocycles. The van der Waals surface area contributed by atoms with Crippen LogP contribution in [-0.4, -0.2) is 16.9 Å². The number of carboxylic acids is 1. The van der Waals surface area contributed by atoms with E-state index >= 15 is 0 Å². The molecule has 0 aliphatic heterocycles. The van der Waals surface area contributed by atoms with Crippen molar-refractivity contribution in [2.24, 2.45) is 0 Å². The van der Waals surface area contributed by atoms with E-state index in [9.17, 15) is 9.59 Å². The molecule has 0 aliphatic rings. The third-order valence-corrected chi connectivity index (χ3v) is 3.90. The largest absolute Gasteiger partial charge is 0.475 e. The average molecular weight is 331 g/mol. The van der Waals surface area contributed by atoms with Crippen LogP contribution in [0.4, 0.5) is 11.4 Å². The van der Waals surface area contributed by atoms with Gasteiger partial charge in [0.2, 0.25) is 0 Å². The summed E-state index contributed by atoms with van der Waals surface area (Å²) in [7, 11) is 0. The first kappa shape index (κ1) is 16.5. The van der Waals surface area contributed by atoms with Crippen molar-refractivity contribution in [2.45, 2.75) is 6.92 Å². The number of anilines is 2. The summed E-state index contributed by atoms with van der Waals surface area (Å²) in [6.07, 6.45) is 0. The molecule has 2 N–H and O–H groups in total. The molecule has 4 heteroatoms. The van der Waals surface area contributed by atoms with E-state index in [0.717, 1.165) is 22.4 Å². The molecule has 25 heavy (non-hydrogen) atoms. The van der Waals surface area contributed by atoms with E-state index in [1.54, 1.807) is 18.2 Å². The molecule has 0 atom stereocenters. The number of ketones is 1. The summed E-state index contributed by atoms with van der Waals surface area (Å²) in [5, 5.41) is 12.2. The molecule has 0 heterocycles. The number of rotatable bonds is 5. The summed E-state index contributed by atoms with van der Waals surface area (Å²) < 4.78 is 0. The number of carbonyl (C=O) groups is 2. The van der Waals surface area contributed by atoms with E-state index < -0.39 is 11.8 Å². The van der Waals surface area contributed by atoms with Crippen LogP contribution in [0.5, 0.6) is 0 Å². The van der Waals surface area contributed by atoms with Gasteiger partial charge in [0.25, 0.3) is 5.78 Å². The number of hydrogen-bond acceptors (Lipinski definition) is 3. The second kappa shape index (κ2) is 7.01. The summed E-state index contributed by atoms with van der Waals surface area (Å²) in [4.78, 5) is 23.1. The standard InChI is InChI=1S/C21H17NO3/c1-14-7-10-17(11-8-14)22-19-13-16(15-5-3-2-4-6-15)9-12-18(19)20(23)21(24)25/h2-13,22H,1H3,(H,24,25). The minimum absolute atomic E-state index is 0.132. The molecule has 0 fully saturated rings. The summed E-state index contributed by atoms with van der Waals surface area (Å²) in [6, 6.07) is 22.5. The third-order valence-electron chi connectivity index (χ3n) is 3.90. The molecule has 4 nitrogen and oxygen atoms in total. The van der Waals surface area contributed by atoms with E-state index in [2.05, 4.69) is 5.32 Å². The number of nitrogens with one attached hydrogen (secondary N) is 1. The highest BCUT2D eigenvalue weighted by atomic mass is 16.4. The van der Waals surface area contributed by atoms with Crippen LogP contribution >= 0.6 is 0 Å². The predicted octanol–water partition coefficient (Wildman–Crippen LogP) is 4.67. The predicted molar refractivity (Wildman–Crippen MR) is 98.3 cm³/mol. The molecule has 3 aromatic rings. The van der Waals surface area contributed by atoms with Crippen LogP contribution in [0, 0.1) is 6.92 Å². The van der Waals surface area contributed by atoms with Gasteiger partial charge in [0.05, 0.1) is 11.3 Å². The van der Waals surface area contributed by atoms with Crippen molar-refractivity contribution in [3.05, 3.63) is 83.9 Å². The second-order valence-electron chi connectivity index (χ2n) is 5.75. The lowest BCUT2D eigenvalue weighted by atomic mass is 10.00. The maximum absolute atomic E-state index is 12.0. The molecule has 0 saturated carbocycles. The highest BCUT2D eigenvalue weighted by Gasteiger charge is 2.19. The third kappa shape index (κ3) is 3.75. The highest BCUT2D eigenvalue weighted by Crippen LogP contribution is 2.28. The minimum atomic E-state index is -1.47. The Labute approximate surface area is 145 Å². The maximum Gasteiger partial charge on any atom is 0.377 e. The van der Waals surface area contributed by atoms with Crippen LogP contribution in [0.25, 0.3) is 11.1 Å². The quantitative estimate of drug-likeness (QED) is 0.526. The number of hydrogen-bond donors (Lipinski definition) is 2. The Kier molecular flexibility index (Phi) is 4.61. The Bertz CT molecular complexity index is 916. The van der Waals surface area contributed by atoms with E-state index in [1.165, 1.54) is 0 Å². The Morgan fingerprint density at radius 2 is 1.52 bits per heavy atom. The molecule has 0 spiro atoms. The fourth-order valence-corrected chi connectivity index (χ4v) is 2.56. The molecule has 124 valence electrons. The van der Waals surface area contributed by atoms with E-state index in [-0.39, 0.29) is 5.56 Å². The Hall–Kier alpha value is -3.40. The number of aliphatic carboxylic acids is 1. The first-order valence-corrected chi connectivity index (χ1v) is 7.85. The summed E-state index contributed by atoms with van der Waals surface area (Å²) in [6.45, 7) is 1.99. The molecule has 0 aromatic heterocycles. The fraction of sp³-hybridized carbons (Fsp3) is 0.0476. The van der Waals surface area contributed by atoms with Crippen LogP contribution in [0.1, 0.15) is 15.9 Å². The summed E-state index contributed by atoms with van der Waals surface area (Å²) >= 11 is 0. The van der Waals surface area contributed by atoms with Crippen molar-refractivity contribution >= 4 is 23.1 Å². The SMILES string of the molecule is Cc1ccc(Nc2cc(-c3ccccc3)ccc2C(=O)C(=O)O)cc1. The van der Waals surface area contributed by atoms with Crippen LogP contribution in [0.3, 0.4) is 0 Å². The zero-order valence-electron chi connectivity index (χ0n) is 13.7. The van der Waals surface area contributed by atoms with Crippen molar-refractivity contribution in [1.29, 1.82) is 0 Å². The smallest absolute Gasteiger partial charge is 0.377 e. The van der Waals surface area contributed by atoms with Gasteiger partial charge in [-0.25, -0.2) is 4.79 Å². The van der Waals surface area contributed by atoms with Crippen molar-refractivity contribution in [2.75, 3.05) is 5.32 Å². The fourth-order valence-electron chi connectivity index (χ4n) is 2.56. The van der Waals surface area contributed by atoms with Gasteiger partial charge in [-0.15, -0.1) is 0 Å². The molecular weight excluding hydrogens is 314 g/mol.